The Kier molecular flexibility index (Phi) is 8.86. The number of fused-ring (bicyclic) bond motifs is 7. The van der Waals surface area contributed by atoms with E-state index in [2.05, 4.69) is 137 Å². The number of rotatable bonds is 4. The quantitative estimate of drug-likeness (QED) is 0.189. The van der Waals surface area contributed by atoms with E-state index in [-0.39, 0.29) is 0 Å². The summed E-state index contributed by atoms with van der Waals surface area (Å²) < 4.78 is 4.84. The van der Waals surface area contributed by atoms with Crippen molar-refractivity contribution in [3.63, 3.8) is 0 Å². The maximum Gasteiger partial charge on any atom is 0.0641 e. The van der Waals surface area contributed by atoms with Crippen molar-refractivity contribution in [2.45, 2.75) is 20.8 Å². The lowest BCUT2D eigenvalue weighted by molar-refractivity contribution is 1.17. The molecule has 2 heterocycles. The third-order valence-electron chi connectivity index (χ3n) is 8.76. The van der Waals surface area contributed by atoms with E-state index in [0.29, 0.717) is 0 Å². The summed E-state index contributed by atoms with van der Waals surface area (Å²) in [6.45, 7) is 6.16. The maximum atomic E-state index is 5.81. The molecule has 0 radical (unpaired) electrons. The van der Waals surface area contributed by atoms with E-state index < -0.39 is 0 Å². The number of aromatic nitrogens is 2. The molecular formula is C45H40N4. The first-order chi connectivity index (χ1) is 24.2. The highest BCUT2D eigenvalue weighted by Gasteiger charge is 2.20. The number of nitrogens with zero attached hydrogens (tertiary/aromatic N) is 2. The molecule has 0 spiro atoms. The first-order valence-electron chi connectivity index (χ1n) is 16.9. The molecule has 0 unspecified atom stereocenters. The van der Waals surface area contributed by atoms with Gasteiger partial charge in [0.25, 0.3) is 0 Å². The molecule has 0 atom stereocenters. The summed E-state index contributed by atoms with van der Waals surface area (Å²) in [6.07, 6.45) is 0. The monoisotopic (exact) mass is 636 g/mol. The van der Waals surface area contributed by atoms with Crippen molar-refractivity contribution in [2.24, 2.45) is 0 Å². The van der Waals surface area contributed by atoms with Crippen molar-refractivity contribution in [3.05, 3.63) is 175 Å². The minimum Gasteiger partial charge on any atom is -0.397 e. The highest BCUT2D eigenvalue weighted by molar-refractivity contribution is 6.26. The van der Waals surface area contributed by atoms with E-state index >= 15 is 0 Å². The molecule has 0 amide bonds. The maximum absolute atomic E-state index is 5.81. The Morgan fingerprint density at radius 3 is 1.78 bits per heavy atom. The minimum atomic E-state index is 0.761. The van der Waals surface area contributed by atoms with Crippen LogP contribution < -0.4 is 11.1 Å². The van der Waals surface area contributed by atoms with Gasteiger partial charge in [-0.15, -0.1) is 0 Å². The van der Waals surface area contributed by atoms with Crippen LogP contribution in [0.25, 0.3) is 55.0 Å². The molecule has 4 heteroatoms. The van der Waals surface area contributed by atoms with Crippen LogP contribution >= 0.6 is 0 Å². The second-order valence-electron chi connectivity index (χ2n) is 11.8. The molecule has 240 valence electrons. The fourth-order valence-electron chi connectivity index (χ4n) is 6.69. The third kappa shape index (κ3) is 5.90. The summed E-state index contributed by atoms with van der Waals surface area (Å²) in [7, 11) is 0. The van der Waals surface area contributed by atoms with Gasteiger partial charge in [-0.3, -0.25) is 0 Å². The van der Waals surface area contributed by atoms with Crippen LogP contribution in [0.15, 0.2) is 170 Å². The Morgan fingerprint density at radius 2 is 1.06 bits per heavy atom. The van der Waals surface area contributed by atoms with Crippen LogP contribution in [0.5, 0.6) is 0 Å². The first-order valence-corrected chi connectivity index (χ1v) is 16.9. The number of benzene rings is 7. The van der Waals surface area contributed by atoms with Gasteiger partial charge in [0, 0.05) is 38.6 Å². The number of nitrogen functional groups attached to an aromatic ring is 1. The lowest BCUT2D eigenvalue weighted by Crippen LogP contribution is -1.95. The molecule has 7 aromatic carbocycles. The van der Waals surface area contributed by atoms with E-state index in [1.807, 2.05) is 68.4 Å². The predicted molar refractivity (Wildman–Crippen MR) is 212 cm³/mol. The van der Waals surface area contributed by atoms with Gasteiger partial charge in [-0.1, -0.05) is 117 Å². The molecule has 49 heavy (non-hydrogen) atoms. The van der Waals surface area contributed by atoms with Gasteiger partial charge in [-0.25, -0.2) is 0 Å². The fourth-order valence-corrected chi connectivity index (χ4v) is 6.69. The molecule has 0 aliphatic carbocycles. The number of anilines is 3. The number of aryl methyl sites for hydroxylation is 1. The van der Waals surface area contributed by atoms with Crippen molar-refractivity contribution >= 4 is 60.7 Å². The molecule has 9 rings (SSSR count). The molecular weight excluding hydrogens is 597 g/mol. The SMILES string of the molecule is CC.Cc1cccc(-n2c3ccccc3c3ccc4c(c5ccccc5n4-c4ccccc4)c32)c1.Nc1ccccc1Nc1ccccc1. The van der Waals surface area contributed by atoms with Gasteiger partial charge in [0.05, 0.1) is 33.4 Å². The molecule has 2 aromatic heterocycles. The Bertz CT molecular complexity index is 2510. The van der Waals surface area contributed by atoms with Crippen LogP contribution in [0, 0.1) is 6.92 Å². The van der Waals surface area contributed by atoms with Crippen molar-refractivity contribution in [3.8, 4) is 11.4 Å². The summed E-state index contributed by atoms with van der Waals surface area (Å²) >= 11 is 0. The highest BCUT2D eigenvalue weighted by atomic mass is 15.0. The zero-order valence-electron chi connectivity index (χ0n) is 28.1. The standard InChI is InChI=1S/C31H22N2.C12H12N2.C2H6/c1-21-10-9-13-23(20-21)33-27-16-7-5-14-24(27)25-18-19-29-30(31(25)33)26-15-6-8-17-28(26)32(29)22-11-3-2-4-12-22;13-11-8-4-5-9-12(11)14-10-6-2-1-3-7-10;1-2/h2-20H,1H3;1-9,14H,13H2;1-2H3. The molecule has 3 N–H and O–H groups in total. The van der Waals surface area contributed by atoms with Gasteiger partial charge in [-0.2, -0.15) is 0 Å². The Morgan fingerprint density at radius 1 is 0.469 bits per heavy atom. The van der Waals surface area contributed by atoms with Crippen molar-refractivity contribution < 1.29 is 0 Å². The van der Waals surface area contributed by atoms with E-state index in [1.165, 1.54) is 60.5 Å². The summed E-state index contributed by atoms with van der Waals surface area (Å²) in [5, 5.41) is 8.39. The fraction of sp³-hybridized carbons (Fsp3) is 0.0667. The molecule has 4 nitrogen and oxygen atoms in total. The highest BCUT2D eigenvalue weighted by Crippen LogP contribution is 2.41. The van der Waals surface area contributed by atoms with Gasteiger partial charge >= 0.3 is 0 Å². The zero-order chi connectivity index (χ0) is 33.7. The predicted octanol–water partition coefficient (Wildman–Crippen LogP) is 12.2. The number of nitrogens with two attached hydrogens (primary N) is 1. The average molecular weight is 637 g/mol. The number of para-hydroxylation sites is 6. The van der Waals surface area contributed by atoms with Gasteiger partial charge < -0.3 is 20.2 Å². The third-order valence-corrected chi connectivity index (χ3v) is 8.76. The molecule has 0 aliphatic rings. The van der Waals surface area contributed by atoms with Crippen LogP contribution in [0.4, 0.5) is 17.1 Å². The second-order valence-corrected chi connectivity index (χ2v) is 11.8. The largest absolute Gasteiger partial charge is 0.397 e. The van der Waals surface area contributed by atoms with Gasteiger partial charge in [0.15, 0.2) is 0 Å². The van der Waals surface area contributed by atoms with Crippen LogP contribution in [0.2, 0.25) is 0 Å². The van der Waals surface area contributed by atoms with Crippen LogP contribution in [-0.4, -0.2) is 9.13 Å². The first kappa shape index (κ1) is 31.3. The molecule has 0 fully saturated rings. The van der Waals surface area contributed by atoms with Crippen LogP contribution in [0.3, 0.4) is 0 Å². The van der Waals surface area contributed by atoms with Crippen molar-refractivity contribution in [1.29, 1.82) is 0 Å². The molecule has 9 aromatic rings. The van der Waals surface area contributed by atoms with Gasteiger partial charge in [0.1, 0.15) is 0 Å². The molecule has 0 saturated carbocycles. The lowest BCUT2D eigenvalue weighted by atomic mass is 10.1. The lowest BCUT2D eigenvalue weighted by Gasteiger charge is -2.10. The number of nitrogens with one attached hydrogen (secondary N) is 1. The van der Waals surface area contributed by atoms with Crippen molar-refractivity contribution in [2.75, 3.05) is 11.1 Å². The Hall–Kier alpha value is -6.26. The smallest absolute Gasteiger partial charge is 0.0641 e. The Balaban J connectivity index is 0.000000199. The molecule has 0 saturated heterocycles. The topological polar surface area (TPSA) is 47.9 Å². The normalized spacial score (nSPS) is 10.8. The second kappa shape index (κ2) is 13.8. The molecule has 0 aliphatic heterocycles. The summed E-state index contributed by atoms with van der Waals surface area (Å²) in [5.74, 6) is 0. The van der Waals surface area contributed by atoms with E-state index in [1.54, 1.807) is 0 Å². The van der Waals surface area contributed by atoms with Crippen LogP contribution in [-0.2, 0) is 0 Å². The van der Waals surface area contributed by atoms with E-state index in [4.69, 9.17) is 5.73 Å². The number of hydrogen-bond acceptors (Lipinski definition) is 2. The molecule has 0 bridgehead atoms. The van der Waals surface area contributed by atoms with E-state index in [9.17, 15) is 0 Å². The van der Waals surface area contributed by atoms with Crippen molar-refractivity contribution in [1.82, 2.24) is 9.13 Å². The van der Waals surface area contributed by atoms with E-state index in [0.717, 1.165) is 17.1 Å². The van der Waals surface area contributed by atoms with Gasteiger partial charge in [-0.05, 0) is 79.2 Å². The Labute approximate surface area is 287 Å². The number of hydrogen-bond donors (Lipinski definition) is 2. The zero-order valence-corrected chi connectivity index (χ0v) is 28.1. The van der Waals surface area contributed by atoms with Gasteiger partial charge in [0.2, 0.25) is 0 Å². The summed E-state index contributed by atoms with van der Waals surface area (Å²) in [4.78, 5) is 0. The summed E-state index contributed by atoms with van der Waals surface area (Å²) in [6, 6.07) is 59.3. The van der Waals surface area contributed by atoms with Crippen LogP contribution in [0.1, 0.15) is 19.4 Å². The summed E-state index contributed by atoms with van der Waals surface area (Å²) in [5.41, 5.74) is 17.2. The minimum absolute atomic E-state index is 0.761. The average Bonchev–Trinajstić information content (AvgIpc) is 3.68.